The van der Waals surface area contributed by atoms with Crippen LogP contribution >= 0.6 is 11.6 Å². The molecule has 1 heterocycles. The van der Waals surface area contributed by atoms with Crippen LogP contribution in [0.1, 0.15) is 44.7 Å². The fourth-order valence-electron chi connectivity index (χ4n) is 3.12. The summed E-state index contributed by atoms with van der Waals surface area (Å²) >= 11 is 6.27. The van der Waals surface area contributed by atoms with Crippen LogP contribution in [-0.4, -0.2) is 29.8 Å². The molecule has 2 rings (SSSR count). The number of hydrogen-bond donors (Lipinski definition) is 1. The third-order valence-corrected chi connectivity index (χ3v) is 4.77. The Balaban J connectivity index is 1.98. The fraction of sp³-hybridized carbons (Fsp3) is 0.579. The molecule has 2 amide bonds. The van der Waals surface area contributed by atoms with Crippen molar-refractivity contribution in [2.45, 2.75) is 47.5 Å². The first-order valence-corrected chi connectivity index (χ1v) is 8.84. The van der Waals surface area contributed by atoms with Crippen LogP contribution in [-0.2, 0) is 9.59 Å². The van der Waals surface area contributed by atoms with Gasteiger partial charge in [-0.15, -0.1) is 0 Å². The van der Waals surface area contributed by atoms with E-state index in [4.69, 9.17) is 11.6 Å². The van der Waals surface area contributed by atoms with Crippen molar-refractivity contribution in [2.24, 2.45) is 11.3 Å². The summed E-state index contributed by atoms with van der Waals surface area (Å²) < 4.78 is 0. The van der Waals surface area contributed by atoms with E-state index in [9.17, 15) is 9.59 Å². The fourth-order valence-corrected chi connectivity index (χ4v) is 3.49. The molecule has 4 nitrogen and oxygen atoms in total. The van der Waals surface area contributed by atoms with Gasteiger partial charge in [0.25, 0.3) is 0 Å². The van der Waals surface area contributed by atoms with Crippen molar-refractivity contribution in [3.8, 4) is 0 Å². The van der Waals surface area contributed by atoms with E-state index in [1.165, 1.54) is 0 Å². The number of nitrogens with one attached hydrogen (secondary N) is 1. The second kappa shape index (κ2) is 7.14. The molecule has 5 heteroatoms. The monoisotopic (exact) mass is 350 g/mol. The average Bonchev–Trinajstić information content (AvgIpc) is 2.49. The van der Waals surface area contributed by atoms with E-state index in [1.807, 2.05) is 51.7 Å². The smallest absolute Gasteiger partial charge is 0.227 e. The van der Waals surface area contributed by atoms with E-state index in [0.717, 1.165) is 11.1 Å². The highest BCUT2D eigenvalue weighted by Crippen LogP contribution is 2.29. The zero-order valence-electron chi connectivity index (χ0n) is 15.2. The van der Waals surface area contributed by atoms with Crippen LogP contribution < -0.4 is 5.32 Å². The van der Waals surface area contributed by atoms with Gasteiger partial charge in [-0.05, 0) is 43.9 Å². The summed E-state index contributed by atoms with van der Waals surface area (Å²) in [5.74, 6) is 0.0660. The molecule has 1 saturated heterocycles. The van der Waals surface area contributed by atoms with Crippen LogP contribution in [0.5, 0.6) is 0 Å². The molecule has 132 valence electrons. The van der Waals surface area contributed by atoms with Gasteiger partial charge in [-0.3, -0.25) is 9.59 Å². The second-order valence-corrected chi connectivity index (χ2v) is 8.15. The molecule has 0 unspecified atom stereocenters. The molecular weight excluding hydrogens is 324 g/mol. The van der Waals surface area contributed by atoms with Crippen molar-refractivity contribution >= 4 is 29.1 Å². The van der Waals surface area contributed by atoms with Gasteiger partial charge < -0.3 is 10.2 Å². The Hall–Kier alpha value is -1.55. The number of nitrogens with zero attached hydrogens (tertiary/aromatic N) is 1. The van der Waals surface area contributed by atoms with E-state index in [-0.39, 0.29) is 23.1 Å². The molecule has 1 aromatic carbocycles. The van der Waals surface area contributed by atoms with Crippen LogP contribution in [0.15, 0.2) is 12.1 Å². The number of likely N-dealkylation sites (tertiary alicyclic amines) is 1. The summed E-state index contributed by atoms with van der Waals surface area (Å²) in [7, 11) is 0. The summed E-state index contributed by atoms with van der Waals surface area (Å²) in [6.45, 7) is 11.0. The third-order valence-electron chi connectivity index (χ3n) is 4.47. The van der Waals surface area contributed by atoms with E-state index >= 15 is 0 Å². The molecular formula is C19H27ClN2O2. The van der Waals surface area contributed by atoms with Crippen molar-refractivity contribution in [1.29, 1.82) is 0 Å². The lowest BCUT2D eigenvalue weighted by atomic mass is 9.90. The zero-order valence-corrected chi connectivity index (χ0v) is 16.0. The number of carbonyl (C=O) groups excluding carboxylic acids is 2. The number of anilines is 1. The highest BCUT2D eigenvalue weighted by Gasteiger charge is 2.32. The Kier molecular flexibility index (Phi) is 5.59. The Morgan fingerprint density at radius 2 is 1.75 bits per heavy atom. The molecule has 0 aliphatic carbocycles. The van der Waals surface area contributed by atoms with E-state index in [2.05, 4.69) is 5.32 Å². The minimum absolute atomic E-state index is 0.00768. The van der Waals surface area contributed by atoms with E-state index in [0.29, 0.717) is 36.6 Å². The van der Waals surface area contributed by atoms with Gasteiger partial charge >= 0.3 is 0 Å². The van der Waals surface area contributed by atoms with Crippen molar-refractivity contribution in [1.82, 2.24) is 4.90 Å². The maximum absolute atomic E-state index is 12.6. The van der Waals surface area contributed by atoms with Crippen molar-refractivity contribution < 1.29 is 9.59 Å². The van der Waals surface area contributed by atoms with Gasteiger partial charge in [0.05, 0.1) is 10.7 Å². The number of piperidine rings is 1. The zero-order chi connectivity index (χ0) is 18.1. The molecule has 0 bridgehead atoms. The number of rotatable bonds is 2. The first kappa shape index (κ1) is 18.8. The van der Waals surface area contributed by atoms with Crippen LogP contribution in [0.4, 0.5) is 5.69 Å². The Morgan fingerprint density at radius 3 is 2.25 bits per heavy atom. The van der Waals surface area contributed by atoms with Gasteiger partial charge in [0, 0.05) is 24.4 Å². The number of carbonyl (C=O) groups is 2. The summed E-state index contributed by atoms with van der Waals surface area (Å²) in [5.41, 5.74) is 2.36. The Labute approximate surface area is 149 Å². The minimum Gasteiger partial charge on any atom is -0.342 e. The predicted octanol–water partition coefficient (Wildman–Crippen LogP) is 4.18. The number of benzene rings is 1. The van der Waals surface area contributed by atoms with Gasteiger partial charge in [0.15, 0.2) is 0 Å². The summed E-state index contributed by atoms with van der Waals surface area (Å²) in [6.07, 6.45) is 1.38. The average molecular weight is 351 g/mol. The van der Waals surface area contributed by atoms with Crippen LogP contribution in [0.3, 0.4) is 0 Å². The Morgan fingerprint density at radius 1 is 1.17 bits per heavy atom. The lowest BCUT2D eigenvalue weighted by Crippen LogP contribution is -2.45. The molecule has 1 aliphatic rings. The lowest BCUT2D eigenvalue weighted by Gasteiger charge is -2.35. The quantitative estimate of drug-likeness (QED) is 0.869. The van der Waals surface area contributed by atoms with Gasteiger partial charge in [0.1, 0.15) is 0 Å². The van der Waals surface area contributed by atoms with Crippen molar-refractivity contribution in [3.05, 3.63) is 28.3 Å². The summed E-state index contributed by atoms with van der Waals surface area (Å²) in [4.78, 5) is 26.7. The van der Waals surface area contributed by atoms with E-state index < -0.39 is 0 Å². The van der Waals surface area contributed by atoms with Crippen LogP contribution in [0.25, 0.3) is 0 Å². The molecule has 0 atom stereocenters. The van der Waals surface area contributed by atoms with Crippen molar-refractivity contribution in [3.63, 3.8) is 0 Å². The number of halogens is 1. The highest BCUT2D eigenvalue weighted by molar-refractivity contribution is 6.34. The SMILES string of the molecule is Cc1cc(C)c(NC(=O)C2CCN(C(=O)C(C)(C)C)CC2)c(Cl)c1. The predicted molar refractivity (Wildman–Crippen MR) is 98.3 cm³/mol. The first-order valence-electron chi connectivity index (χ1n) is 8.46. The Bertz CT molecular complexity index is 618. The number of aryl methyl sites for hydroxylation is 2. The molecule has 24 heavy (non-hydrogen) atoms. The number of amides is 2. The van der Waals surface area contributed by atoms with Gasteiger partial charge in [-0.25, -0.2) is 0 Å². The first-order chi connectivity index (χ1) is 11.1. The summed E-state index contributed by atoms with van der Waals surface area (Å²) in [5, 5.41) is 3.55. The standard InChI is InChI=1S/C19H27ClN2O2/c1-12-10-13(2)16(15(20)11-12)21-17(23)14-6-8-22(9-7-14)18(24)19(3,4)5/h10-11,14H,6-9H2,1-5H3,(H,21,23). The normalized spacial score (nSPS) is 16.2. The maximum atomic E-state index is 12.6. The van der Waals surface area contributed by atoms with Gasteiger partial charge in [0.2, 0.25) is 11.8 Å². The molecule has 0 aromatic heterocycles. The maximum Gasteiger partial charge on any atom is 0.227 e. The highest BCUT2D eigenvalue weighted by atomic mass is 35.5. The number of hydrogen-bond acceptors (Lipinski definition) is 2. The third kappa shape index (κ3) is 4.29. The van der Waals surface area contributed by atoms with Crippen LogP contribution in [0, 0.1) is 25.2 Å². The van der Waals surface area contributed by atoms with Crippen LogP contribution in [0.2, 0.25) is 5.02 Å². The second-order valence-electron chi connectivity index (χ2n) is 7.74. The lowest BCUT2D eigenvalue weighted by molar-refractivity contribution is -0.142. The topological polar surface area (TPSA) is 49.4 Å². The molecule has 1 fully saturated rings. The van der Waals surface area contributed by atoms with Gasteiger partial charge in [-0.2, -0.15) is 0 Å². The molecule has 0 radical (unpaired) electrons. The molecule has 0 saturated carbocycles. The molecule has 1 aliphatic heterocycles. The van der Waals surface area contributed by atoms with E-state index in [1.54, 1.807) is 0 Å². The molecule has 1 aromatic rings. The van der Waals surface area contributed by atoms with Crippen molar-refractivity contribution in [2.75, 3.05) is 18.4 Å². The van der Waals surface area contributed by atoms with Gasteiger partial charge in [-0.1, -0.05) is 38.4 Å². The summed E-state index contributed by atoms with van der Waals surface area (Å²) in [6, 6.07) is 3.86. The molecule has 0 spiro atoms. The minimum atomic E-state index is -0.373. The largest absolute Gasteiger partial charge is 0.342 e. The molecule has 1 N–H and O–H groups in total.